The summed E-state index contributed by atoms with van der Waals surface area (Å²) in [4.78, 5) is 2.28. The van der Waals surface area contributed by atoms with Crippen molar-refractivity contribution in [1.82, 2.24) is 14.9 Å². The molecule has 1 aromatic carbocycles. The average molecular weight is 313 g/mol. The zero-order valence-electron chi connectivity index (χ0n) is 13.6. The lowest BCUT2D eigenvalue weighted by molar-refractivity contribution is 0.314. The van der Waals surface area contributed by atoms with Gasteiger partial charge in [-0.2, -0.15) is 0 Å². The van der Waals surface area contributed by atoms with Gasteiger partial charge in [0.25, 0.3) is 0 Å². The Hall–Kier alpha value is -0.950. The fourth-order valence-corrected chi connectivity index (χ4v) is 2.73. The summed E-state index contributed by atoms with van der Waals surface area (Å²) in [5, 5.41) is 3.30. The minimum absolute atomic E-state index is 0.147. The summed E-state index contributed by atoms with van der Waals surface area (Å²) in [6.45, 7) is 7.27. The van der Waals surface area contributed by atoms with Crippen LogP contribution in [0.4, 0.5) is 0 Å². The van der Waals surface area contributed by atoms with Crippen LogP contribution in [-0.4, -0.2) is 46.0 Å². The van der Waals surface area contributed by atoms with Gasteiger partial charge in [0.15, 0.2) is 0 Å². The molecule has 120 valence electrons. The predicted molar refractivity (Wildman–Crippen MR) is 86.8 cm³/mol. The Balaban J connectivity index is 2.67. The maximum Gasteiger partial charge on any atom is 0.240 e. The molecule has 5 nitrogen and oxygen atoms in total. The fourth-order valence-electron chi connectivity index (χ4n) is 1.60. The van der Waals surface area contributed by atoms with Crippen molar-refractivity contribution >= 4 is 10.0 Å². The van der Waals surface area contributed by atoms with E-state index in [1.165, 1.54) is 0 Å². The first kappa shape index (κ1) is 18.1. The minimum Gasteiger partial charge on any atom is -0.310 e. The number of nitrogens with zero attached hydrogens (tertiary/aromatic N) is 1. The van der Waals surface area contributed by atoms with Gasteiger partial charge in [-0.15, -0.1) is 0 Å². The van der Waals surface area contributed by atoms with Crippen LogP contribution < -0.4 is 10.0 Å². The first-order valence-electron chi connectivity index (χ1n) is 7.21. The van der Waals surface area contributed by atoms with Crippen molar-refractivity contribution in [2.45, 2.75) is 44.3 Å². The summed E-state index contributed by atoms with van der Waals surface area (Å²) in [6, 6.07) is 7.55. The lowest BCUT2D eigenvalue weighted by Gasteiger charge is -2.20. The van der Waals surface area contributed by atoms with Crippen molar-refractivity contribution in [3.05, 3.63) is 29.8 Å². The van der Waals surface area contributed by atoms with Gasteiger partial charge in [-0.1, -0.05) is 26.0 Å². The number of hydrogen-bond donors (Lipinski definition) is 2. The minimum atomic E-state index is -3.43. The van der Waals surface area contributed by atoms with Crippen LogP contribution in [0.1, 0.15) is 26.3 Å². The molecule has 1 rings (SSSR count). The summed E-state index contributed by atoms with van der Waals surface area (Å²) < 4.78 is 27.0. The molecule has 0 aliphatic rings. The first-order chi connectivity index (χ1) is 9.72. The van der Waals surface area contributed by atoms with Gasteiger partial charge < -0.3 is 10.2 Å². The van der Waals surface area contributed by atoms with E-state index in [4.69, 9.17) is 0 Å². The van der Waals surface area contributed by atoms with Gasteiger partial charge in [0.2, 0.25) is 10.0 Å². The molecule has 0 saturated carbocycles. The lowest BCUT2D eigenvalue weighted by atomic mass is 10.2. The van der Waals surface area contributed by atoms with Gasteiger partial charge in [0.05, 0.1) is 4.90 Å². The molecule has 0 aliphatic carbocycles. The molecule has 21 heavy (non-hydrogen) atoms. The molecule has 0 aliphatic heterocycles. The Bertz CT molecular complexity index is 524. The van der Waals surface area contributed by atoms with Crippen LogP contribution in [0.3, 0.4) is 0 Å². The third kappa shape index (κ3) is 6.13. The lowest BCUT2D eigenvalue weighted by Crippen LogP contribution is -2.38. The summed E-state index contributed by atoms with van der Waals surface area (Å²) >= 11 is 0. The second-order valence-electron chi connectivity index (χ2n) is 5.84. The van der Waals surface area contributed by atoms with Crippen LogP contribution in [0.15, 0.2) is 29.2 Å². The van der Waals surface area contributed by atoms with Crippen molar-refractivity contribution in [1.29, 1.82) is 0 Å². The molecule has 0 amide bonds. The van der Waals surface area contributed by atoms with Crippen LogP contribution in [0, 0.1) is 0 Å². The van der Waals surface area contributed by atoms with Crippen LogP contribution in [0.25, 0.3) is 0 Å². The molecule has 0 bridgehead atoms. The van der Waals surface area contributed by atoms with Crippen molar-refractivity contribution in [3.8, 4) is 0 Å². The monoisotopic (exact) mass is 313 g/mol. The zero-order chi connectivity index (χ0) is 16.0. The Morgan fingerprint density at radius 2 is 1.67 bits per heavy atom. The van der Waals surface area contributed by atoms with E-state index < -0.39 is 10.0 Å². The van der Waals surface area contributed by atoms with Crippen molar-refractivity contribution in [2.75, 3.05) is 20.6 Å². The molecular weight excluding hydrogens is 286 g/mol. The number of likely N-dealkylation sites (N-methyl/N-ethyl adjacent to an activating group) is 1. The molecule has 0 aromatic heterocycles. The summed E-state index contributed by atoms with van der Waals surface area (Å²) in [5.41, 5.74) is 1.07. The molecule has 2 N–H and O–H groups in total. The Labute approximate surface area is 128 Å². The van der Waals surface area contributed by atoms with E-state index in [9.17, 15) is 8.42 Å². The number of sulfonamides is 1. The summed E-state index contributed by atoms with van der Waals surface area (Å²) in [5.74, 6) is 0. The highest BCUT2D eigenvalue weighted by Gasteiger charge is 2.15. The van der Waals surface area contributed by atoms with Gasteiger partial charge in [0, 0.05) is 25.2 Å². The van der Waals surface area contributed by atoms with E-state index in [0.717, 1.165) is 12.1 Å². The normalized spacial score (nSPS) is 13.9. The molecule has 6 heteroatoms. The fraction of sp³-hybridized carbons (Fsp3) is 0.600. The molecule has 1 aromatic rings. The van der Waals surface area contributed by atoms with E-state index >= 15 is 0 Å². The van der Waals surface area contributed by atoms with Crippen LogP contribution in [0.5, 0.6) is 0 Å². The topological polar surface area (TPSA) is 61.4 Å². The average Bonchev–Trinajstić information content (AvgIpc) is 2.43. The highest BCUT2D eigenvalue weighted by atomic mass is 32.2. The second-order valence-corrected chi connectivity index (χ2v) is 7.61. The zero-order valence-corrected chi connectivity index (χ0v) is 14.4. The highest BCUT2D eigenvalue weighted by Crippen LogP contribution is 2.11. The number of hydrogen-bond acceptors (Lipinski definition) is 4. The third-order valence-corrected chi connectivity index (χ3v) is 4.84. The first-order valence-corrected chi connectivity index (χ1v) is 8.69. The molecule has 0 heterocycles. The maximum absolute atomic E-state index is 12.2. The van der Waals surface area contributed by atoms with Gasteiger partial charge in [-0.25, -0.2) is 13.1 Å². The number of benzene rings is 1. The van der Waals surface area contributed by atoms with E-state index in [1.54, 1.807) is 12.1 Å². The van der Waals surface area contributed by atoms with Crippen LogP contribution >= 0.6 is 0 Å². The maximum atomic E-state index is 12.2. The van der Waals surface area contributed by atoms with Crippen LogP contribution in [-0.2, 0) is 16.6 Å². The Kier molecular flexibility index (Phi) is 6.80. The summed E-state index contributed by atoms with van der Waals surface area (Å²) in [6.07, 6.45) is 0. The van der Waals surface area contributed by atoms with Crippen molar-refractivity contribution in [2.24, 2.45) is 0 Å². The largest absolute Gasteiger partial charge is 0.310 e. The van der Waals surface area contributed by atoms with Gasteiger partial charge in [-0.3, -0.25) is 0 Å². The van der Waals surface area contributed by atoms with E-state index in [0.29, 0.717) is 17.5 Å². The van der Waals surface area contributed by atoms with Crippen molar-refractivity contribution < 1.29 is 8.42 Å². The van der Waals surface area contributed by atoms with Gasteiger partial charge in [0.1, 0.15) is 0 Å². The predicted octanol–water partition coefficient (Wildman–Crippen LogP) is 1.41. The molecule has 0 saturated heterocycles. The molecule has 1 atom stereocenters. The van der Waals surface area contributed by atoms with E-state index in [2.05, 4.69) is 23.9 Å². The third-order valence-electron chi connectivity index (χ3n) is 3.40. The number of nitrogens with one attached hydrogen (secondary N) is 2. The molecule has 0 radical (unpaired) electrons. The molecule has 0 spiro atoms. The Morgan fingerprint density at radius 1 is 1.10 bits per heavy atom. The molecular formula is C15H27N3O2S. The second kappa shape index (κ2) is 7.89. The smallest absolute Gasteiger partial charge is 0.240 e. The van der Waals surface area contributed by atoms with Gasteiger partial charge in [-0.05, 0) is 38.7 Å². The van der Waals surface area contributed by atoms with Gasteiger partial charge >= 0.3 is 0 Å². The SMILES string of the molecule is CC(C)NCc1ccc(S(=O)(=O)NCC(C)N(C)C)cc1. The quantitative estimate of drug-likeness (QED) is 0.762. The molecule has 1 unspecified atom stereocenters. The van der Waals surface area contributed by atoms with Crippen molar-refractivity contribution in [3.63, 3.8) is 0 Å². The standard InChI is InChI=1S/C15H27N3O2S/c1-12(2)16-11-14-6-8-15(9-7-14)21(19,20)17-10-13(3)18(4)5/h6-9,12-13,16-17H,10-11H2,1-5H3. The summed E-state index contributed by atoms with van der Waals surface area (Å²) in [7, 11) is 0.418. The molecule has 0 fully saturated rings. The Morgan fingerprint density at radius 3 is 2.14 bits per heavy atom. The highest BCUT2D eigenvalue weighted by molar-refractivity contribution is 7.89. The van der Waals surface area contributed by atoms with Crippen LogP contribution in [0.2, 0.25) is 0 Å². The van der Waals surface area contributed by atoms with E-state index in [-0.39, 0.29) is 6.04 Å². The number of rotatable bonds is 8. The van der Waals surface area contributed by atoms with E-state index in [1.807, 2.05) is 38.1 Å².